The van der Waals surface area contributed by atoms with Gasteiger partial charge in [-0.2, -0.15) is 0 Å². The summed E-state index contributed by atoms with van der Waals surface area (Å²) in [7, 11) is 0. The molecule has 0 rings (SSSR count). The second-order valence-corrected chi connectivity index (χ2v) is 18.3. The first-order valence-corrected chi connectivity index (χ1v) is 28.2. The van der Waals surface area contributed by atoms with Crippen molar-refractivity contribution in [3.05, 3.63) is 122 Å². The van der Waals surface area contributed by atoms with Crippen molar-refractivity contribution in [2.24, 2.45) is 0 Å². The van der Waals surface area contributed by atoms with Crippen molar-refractivity contribution in [1.29, 1.82) is 0 Å². The molecule has 0 radical (unpaired) electrons. The van der Waals surface area contributed by atoms with E-state index < -0.39 is 6.10 Å². The van der Waals surface area contributed by atoms with Crippen LogP contribution in [0, 0.1) is 0 Å². The zero-order valence-corrected chi connectivity index (χ0v) is 44.5. The summed E-state index contributed by atoms with van der Waals surface area (Å²) in [5.74, 6) is -0.966. The first kappa shape index (κ1) is 64.8. The maximum Gasteiger partial charge on any atom is 0.306 e. The van der Waals surface area contributed by atoms with Gasteiger partial charge in [-0.3, -0.25) is 14.4 Å². The van der Waals surface area contributed by atoms with Crippen molar-refractivity contribution in [2.75, 3.05) is 13.2 Å². The molecule has 0 N–H and O–H groups in total. The van der Waals surface area contributed by atoms with Crippen molar-refractivity contribution in [3.8, 4) is 0 Å². The lowest BCUT2D eigenvalue weighted by atomic mass is 10.1. The van der Waals surface area contributed by atoms with Crippen LogP contribution in [-0.4, -0.2) is 37.2 Å². The summed E-state index contributed by atoms with van der Waals surface area (Å²) < 4.78 is 16.8. The van der Waals surface area contributed by atoms with E-state index in [-0.39, 0.29) is 37.5 Å². The lowest BCUT2D eigenvalue weighted by molar-refractivity contribution is -0.167. The summed E-state index contributed by atoms with van der Waals surface area (Å²) in [6.07, 6.45) is 77.5. The fourth-order valence-corrected chi connectivity index (χ4v) is 7.40. The summed E-state index contributed by atoms with van der Waals surface area (Å²) in [6.45, 7) is 6.38. The average Bonchev–Trinajstić information content (AvgIpc) is 3.35. The van der Waals surface area contributed by atoms with Crippen molar-refractivity contribution >= 4 is 17.9 Å². The van der Waals surface area contributed by atoms with E-state index in [9.17, 15) is 14.4 Å². The molecular weight excluding hydrogens is 853 g/mol. The minimum atomic E-state index is -0.812. The Kier molecular flexibility index (Phi) is 53.0. The number of ether oxygens (including phenoxy) is 3. The number of hydrogen-bond donors (Lipinski definition) is 0. The van der Waals surface area contributed by atoms with Crippen LogP contribution < -0.4 is 0 Å². The van der Waals surface area contributed by atoms with Gasteiger partial charge in [0.05, 0.1) is 0 Å². The Balaban J connectivity index is 4.50. The van der Waals surface area contributed by atoms with E-state index in [0.717, 1.165) is 77.0 Å². The Labute approximate surface area is 424 Å². The summed E-state index contributed by atoms with van der Waals surface area (Å²) in [4.78, 5) is 38.1. The Morgan fingerprint density at radius 2 is 0.565 bits per heavy atom. The van der Waals surface area contributed by atoms with Crippen LogP contribution in [0.15, 0.2) is 122 Å². The molecule has 0 spiro atoms. The zero-order valence-electron chi connectivity index (χ0n) is 44.5. The Morgan fingerprint density at radius 3 is 0.913 bits per heavy atom. The molecule has 0 aromatic rings. The first-order valence-electron chi connectivity index (χ1n) is 28.2. The van der Waals surface area contributed by atoms with E-state index in [1.807, 2.05) is 60.8 Å². The van der Waals surface area contributed by atoms with Crippen LogP contribution in [-0.2, 0) is 28.6 Å². The average molecular weight is 956 g/mol. The number of hydrogen-bond acceptors (Lipinski definition) is 6. The highest BCUT2D eigenvalue weighted by atomic mass is 16.6. The topological polar surface area (TPSA) is 78.9 Å². The third kappa shape index (κ3) is 54.6. The number of carbonyl (C=O) groups excluding carboxylic acids is 3. The smallest absolute Gasteiger partial charge is 0.306 e. The van der Waals surface area contributed by atoms with Gasteiger partial charge >= 0.3 is 17.9 Å². The van der Waals surface area contributed by atoms with Crippen LogP contribution in [0.3, 0.4) is 0 Å². The SMILES string of the molecule is CC\C=C/C=C\C=C/C=C\C=C\C=C/CCCCCC(=O)OC(COC(=O)CCCCCCCC/C=C\C=C/CCCCC)COC(=O)CCCCCCCCCCCC/C=C\C=C/CCCCC. The van der Waals surface area contributed by atoms with Gasteiger partial charge in [-0.15, -0.1) is 0 Å². The number of carbonyl (C=O) groups is 3. The number of allylic oxidation sites excluding steroid dienone is 20. The molecule has 1 unspecified atom stereocenters. The van der Waals surface area contributed by atoms with E-state index in [2.05, 4.69) is 81.5 Å². The van der Waals surface area contributed by atoms with E-state index in [0.29, 0.717) is 19.3 Å². The number of unbranched alkanes of at least 4 members (excludes halogenated alkanes) is 25. The van der Waals surface area contributed by atoms with E-state index in [1.54, 1.807) is 0 Å². The van der Waals surface area contributed by atoms with Crippen molar-refractivity contribution in [1.82, 2.24) is 0 Å². The zero-order chi connectivity index (χ0) is 50.0. The Morgan fingerprint density at radius 1 is 0.304 bits per heavy atom. The maximum atomic E-state index is 12.8. The molecule has 0 aromatic heterocycles. The van der Waals surface area contributed by atoms with Gasteiger partial charge in [0.15, 0.2) is 6.10 Å². The van der Waals surface area contributed by atoms with Gasteiger partial charge < -0.3 is 14.2 Å². The number of rotatable bonds is 49. The largest absolute Gasteiger partial charge is 0.462 e. The third-order valence-corrected chi connectivity index (χ3v) is 11.6. The normalized spacial score (nSPS) is 13.0. The van der Waals surface area contributed by atoms with Crippen LogP contribution >= 0.6 is 0 Å². The highest BCUT2D eigenvalue weighted by molar-refractivity contribution is 5.71. The molecule has 0 amide bonds. The van der Waals surface area contributed by atoms with Gasteiger partial charge in [-0.1, -0.05) is 251 Å². The Hall–Kier alpha value is -4.19. The standard InChI is InChI=1S/C63H102O6/c1-4-7-10-13-16-19-22-25-28-30-31-33-35-38-41-44-47-50-53-56-62(65)68-59-60(58-67-61(64)55-52-49-46-43-40-37-34-27-24-21-18-15-12-9-6-3)69-63(66)57-54-51-48-45-42-39-36-32-29-26-23-20-17-14-11-8-5-2/h8,11,14,16-27,29,32,36,39,42,60H,4-7,9-10,12-13,15,28,30-31,33-35,37-38,40-41,43-59H2,1-3H3/b11-8-,17-14-,19-16-,21-18-,23-20-,25-22-,27-24-,29-26-,36-32+,42-39-. The molecule has 0 aliphatic carbocycles. The van der Waals surface area contributed by atoms with E-state index >= 15 is 0 Å². The molecule has 1 atom stereocenters. The van der Waals surface area contributed by atoms with E-state index in [1.165, 1.54) is 116 Å². The van der Waals surface area contributed by atoms with Crippen LogP contribution in [0.2, 0.25) is 0 Å². The van der Waals surface area contributed by atoms with Crippen LogP contribution in [0.4, 0.5) is 0 Å². The molecular formula is C63H102O6. The molecule has 0 bridgehead atoms. The minimum absolute atomic E-state index is 0.105. The van der Waals surface area contributed by atoms with Gasteiger partial charge in [0, 0.05) is 19.3 Å². The van der Waals surface area contributed by atoms with Crippen LogP contribution in [0.25, 0.3) is 0 Å². The minimum Gasteiger partial charge on any atom is -0.462 e. The monoisotopic (exact) mass is 955 g/mol. The maximum absolute atomic E-state index is 12.8. The molecule has 390 valence electrons. The molecule has 6 heteroatoms. The fourth-order valence-electron chi connectivity index (χ4n) is 7.40. The third-order valence-electron chi connectivity index (χ3n) is 11.6. The lowest BCUT2D eigenvalue weighted by Gasteiger charge is -2.18. The van der Waals surface area contributed by atoms with Crippen LogP contribution in [0.1, 0.15) is 239 Å². The highest BCUT2D eigenvalue weighted by Gasteiger charge is 2.19. The summed E-state index contributed by atoms with van der Waals surface area (Å²) in [5.41, 5.74) is 0. The molecule has 0 saturated carbocycles. The van der Waals surface area contributed by atoms with Gasteiger partial charge in [-0.25, -0.2) is 0 Å². The Bertz CT molecular complexity index is 1470. The van der Waals surface area contributed by atoms with Crippen molar-refractivity contribution in [3.63, 3.8) is 0 Å². The number of esters is 3. The predicted molar refractivity (Wildman–Crippen MR) is 297 cm³/mol. The summed E-state index contributed by atoms with van der Waals surface area (Å²) in [6, 6.07) is 0. The van der Waals surface area contributed by atoms with Gasteiger partial charge in [0.25, 0.3) is 0 Å². The molecule has 0 heterocycles. The molecule has 0 aliphatic rings. The van der Waals surface area contributed by atoms with Gasteiger partial charge in [-0.05, 0) is 89.9 Å². The second-order valence-electron chi connectivity index (χ2n) is 18.3. The summed E-state index contributed by atoms with van der Waals surface area (Å²) >= 11 is 0. The van der Waals surface area contributed by atoms with Gasteiger partial charge in [0.2, 0.25) is 0 Å². The highest BCUT2D eigenvalue weighted by Crippen LogP contribution is 2.14. The molecule has 0 aromatic carbocycles. The molecule has 0 aliphatic heterocycles. The van der Waals surface area contributed by atoms with E-state index in [4.69, 9.17) is 14.2 Å². The quantitative estimate of drug-likeness (QED) is 0.0262. The van der Waals surface area contributed by atoms with Gasteiger partial charge in [0.1, 0.15) is 13.2 Å². The fraction of sp³-hybridized carbons (Fsp3) is 0.635. The lowest BCUT2D eigenvalue weighted by Crippen LogP contribution is -2.30. The summed E-state index contributed by atoms with van der Waals surface area (Å²) in [5, 5.41) is 0. The van der Waals surface area contributed by atoms with Crippen molar-refractivity contribution in [2.45, 2.75) is 245 Å². The first-order chi connectivity index (χ1) is 34.0. The molecule has 0 saturated heterocycles. The second kappa shape index (κ2) is 56.4. The molecule has 0 fully saturated rings. The van der Waals surface area contributed by atoms with Crippen molar-refractivity contribution < 1.29 is 28.6 Å². The molecule has 69 heavy (non-hydrogen) atoms. The predicted octanol–water partition coefficient (Wildman–Crippen LogP) is 18.9. The van der Waals surface area contributed by atoms with Crippen LogP contribution in [0.5, 0.6) is 0 Å². The molecule has 6 nitrogen and oxygen atoms in total.